The van der Waals surface area contributed by atoms with Crippen LogP contribution in [0.1, 0.15) is 17.0 Å². The van der Waals surface area contributed by atoms with Gasteiger partial charge in [0.15, 0.2) is 0 Å². The Hall–Kier alpha value is -3.14. The van der Waals surface area contributed by atoms with Gasteiger partial charge in [-0.05, 0) is 11.1 Å². The van der Waals surface area contributed by atoms with Crippen LogP contribution in [0.5, 0.6) is 0 Å². The smallest absolute Gasteiger partial charge is 0.334 e. The van der Waals surface area contributed by atoms with E-state index in [2.05, 4.69) is 13.2 Å². The number of rotatable bonds is 7. The Labute approximate surface area is 147 Å². The van der Waals surface area contributed by atoms with Crippen LogP contribution in [0.25, 0.3) is 0 Å². The molecule has 2 rings (SSSR count). The maximum absolute atomic E-state index is 12.4. The van der Waals surface area contributed by atoms with Crippen molar-refractivity contribution in [3.8, 4) is 0 Å². The molecule has 25 heavy (non-hydrogen) atoms. The summed E-state index contributed by atoms with van der Waals surface area (Å²) < 4.78 is 10.1. The average Bonchev–Trinajstić information content (AvgIpc) is 2.67. The Morgan fingerprint density at radius 3 is 1.96 bits per heavy atom. The summed E-state index contributed by atoms with van der Waals surface area (Å²) in [6.45, 7) is 7.75. The number of carbonyl (C=O) groups is 2. The first kappa shape index (κ1) is 18.2. The van der Waals surface area contributed by atoms with Gasteiger partial charge in [0.25, 0.3) is 0 Å². The Balaban J connectivity index is 2.18. The predicted molar refractivity (Wildman–Crippen MR) is 95.7 cm³/mol. The summed E-state index contributed by atoms with van der Waals surface area (Å²) in [5.41, 5.74) is 1.86. The van der Waals surface area contributed by atoms with Gasteiger partial charge in [-0.2, -0.15) is 0 Å². The van der Waals surface area contributed by atoms with Gasteiger partial charge in [0, 0.05) is 17.1 Å². The van der Waals surface area contributed by atoms with E-state index in [1.54, 1.807) is 12.1 Å². The molecule has 0 unspecified atom stereocenters. The van der Waals surface area contributed by atoms with E-state index in [1.807, 2.05) is 48.5 Å². The molecule has 128 valence electrons. The van der Waals surface area contributed by atoms with Crippen molar-refractivity contribution in [1.82, 2.24) is 0 Å². The van der Waals surface area contributed by atoms with E-state index in [9.17, 15) is 9.59 Å². The van der Waals surface area contributed by atoms with E-state index < -0.39 is 17.9 Å². The van der Waals surface area contributed by atoms with Crippen molar-refractivity contribution in [3.05, 3.63) is 96.1 Å². The lowest BCUT2D eigenvalue weighted by Gasteiger charge is -2.20. The van der Waals surface area contributed by atoms with E-state index in [0.29, 0.717) is 0 Å². The molecule has 1 atom stereocenters. The lowest BCUT2D eigenvalue weighted by atomic mass is 9.86. The number of methoxy groups -OCH3 is 1. The Bertz CT molecular complexity index is 763. The van der Waals surface area contributed by atoms with E-state index in [1.165, 1.54) is 7.11 Å². The van der Waals surface area contributed by atoms with Gasteiger partial charge in [0.1, 0.15) is 6.61 Å². The van der Waals surface area contributed by atoms with E-state index in [0.717, 1.165) is 11.1 Å². The normalized spacial score (nSPS) is 11.2. The lowest BCUT2D eigenvalue weighted by molar-refractivity contribution is -0.140. The van der Waals surface area contributed by atoms with Crippen LogP contribution in [0.3, 0.4) is 0 Å². The highest BCUT2D eigenvalue weighted by molar-refractivity contribution is 5.97. The Morgan fingerprint density at radius 2 is 1.40 bits per heavy atom. The first-order chi connectivity index (χ1) is 12.0. The molecule has 2 aromatic carbocycles. The van der Waals surface area contributed by atoms with Crippen molar-refractivity contribution in [3.63, 3.8) is 0 Å². The van der Waals surface area contributed by atoms with Crippen LogP contribution in [0, 0.1) is 0 Å². The van der Waals surface area contributed by atoms with Crippen molar-refractivity contribution in [2.45, 2.75) is 12.5 Å². The van der Waals surface area contributed by atoms with Crippen molar-refractivity contribution in [2.24, 2.45) is 0 Å². The van der Waals surface area contributed by atoms with Crippen molar-refractivity contribution in [2.75, 3.05) is 7.11 Å². The maximum atomic E-state index is 12.4. The van der Waals surface area contributed by atoms with Gasteiger partial charge in [-0.3, -0.25) is 0 Å². The van der Waals surface area contributed by atoms with Gasteiger partial charge in [-0.1, -0.05) is 73.8 Å². The lowest BCUT2D eigenvalue weighted by Crippen LogP contribution is -2.20. The van der Waals surface area contributed by atoms with Crippen LogP contribution < -0.4 is 0 Å². The largest absolute Gasteiger partial charge is 0.466 e. The highest BCUT2D eigenvalue weighted by Crippen LogP contribution is 2.31. The van der Waals surface area contributed by atoms with Crippen LogP contribution in [0.15, 0.2) is 85.0 Å². The molecule has 0 N–H and O–H groups in total. The molecule has 0 radical (unpaired) electrons. The van der Waals surface area contributed by atoms with Gasteiger partial charge in [0.2, 0.25) is 0 Å². The Kier molecular flexibility index (Phi) is 6.29. The molecular weight excluding hydrogens is 316 g/mol. The fourth-order valence-electron chi connectivity index (χ4n) is 2.44. The first-order valence-electron chi connectivity index (χ1n) is 7.76. The number of hydrogen-bond donors (Lipinski definition) is 0. The summed E-state index contributed by atoms with van der Waals surface area (Å²) in [5.74, 6) is -1.87. The monoisotopic (exact) mass is 336 g/mol. The molecule has 0 bridgehead atoms. The van der Waals surface area contributed by atoms with Crippen molar-refractivity contribution >= 4 is 11.9 Å². The third-order valence-corrected chi connectivity index (χ3v) is 3.75. The summed E-state index contributed by atoms with van der Waals surface area (Å²) in [6.07, 6.45) is 0. The first-order valence-corrected chi connectivity index (χ1v) is 7.76. The summed E-state index contributed by atoms with van der Waals surface area (Å²) >= 11 is 0. The minimum Gasteiger partial charge on any atom is -0.466 e. The van der Waals surface area contributed by atoms with Crippen LogP contribution in [-0.2, 0) is 25.7 Å². The maximum Gasteiger partial charge on any atom is 0.334 e. The van der Waals surface area contributed by atoms with Crippen LogP contribution in [0.2, 0.25) is 0 Å². The van der Waals surface area contributed by atoms with Crippen LogP contribution in [-0.4, -0.2) is 19.0 Å². The van der Waals surface area contributed by atoms with Gasteiger partial charge in [-0.15, -0.1) is 0 Å². The van der Waals surface area contributed by atoms with Crippen LogP contribution in [0.4, 0.5) is 0 Å². The summed E-state index contributed by atoms with van der Waals surface area (Å²) in [7, 11) is 1.27. The fraction of sp³-hybridized carbons (Fsp3) is 0.143. The van der Waals surface area contributed by atoms with Gasteiger partial charge in [0.05, 0.1) is 7.11 Å². The molecule has 0 saturated heterocycles. The van der Waals surface area contributed by atoms with E-state index >= 15 is 0 Å². The number of ether oxygens (including phenoxy) is 2. The van der Waals surface area contributed by atoms with E-state index in [4.69, 9.17) is 9.47 Å². The fourth-order valence-corrected chi connectivity index (χ4v) is 2.44. The second kappa shape index (κ2) is 8.64. The molecule has 0 aliphatic carbocycles. The minimum absolute atomic E-state index is 0.130. The Morgan fingerprint density at radius 1 is 0.880 bits per heavy atom. The molecule has 2 aromatic rings. The van der Waals surface area contributed by atoms with Crippen molar-refractivity contribution < 1.29 is 19.1 Å². The second-order valence-electron chi connectivity index (χ2n) is 5.45. The minimum atomic E-state index is -0.697. The summed E-state index contributed by atoms with van der Waals surface area (Å²) in [5, 5.41) is 0. The van der Waals surface area contributed by atoms with Gasteiger partial charge < -0.3 is 9.47 Å². The third-order valence-electron chi connectivity index (χ3n) is 3.75. The quantitative estimate of drug-likeness (QED) is 0.570. The highest BCUT2D eigenvalue weighted by Gasteiger charge is 2.28. The second-order valence-corrected chi connectivity index (χ2v) is 5.45. The molecule has 0 heterocycles. The SMILES string of the molecule is C=C(C(=O)OC)[C@H](C(=C)C(=O)OCc1ccccc1)c1ccccc1. The molecule has 0 spiro atoms. The summed E-state index contributed by atoms with van der Waals surface area (Å²) in [4.78, 5) is 24.3. The van der Waals surface area contributed by atoms with Gasteiger partial charge in [-0.25, -0.2) is 9.59 Å². The molecule has 0 aliphatic rings. The zero-order valence-electron chi connectivity index (χ0n) is 14.1. The van der Waals surface area contributed by atoms with Gasteiger partial charge >= 0.3 is 11.9 Å². The van der Waals surface area contributed by atoms with E-state index in [-0.39, 0.29) is 17.8 Å². The predicted octanol–water partition coefficient (Wildman–Crippen LogP) is 3.80. The molecule has 0 aliphatic heterocycles. The number of benzene rings is 2. The zero-order valence-corrected chi connectivity index (χ0v) is 14.1. The van der Waals surface area contributed by atoms with Crippen LogP contribution >= 0.6 is 0 Å². The average molecular weight is 336 g/mol. The molecule has 0 aromatic heterocycles. The number of hydrogen-bond acceptors (Lipinski definition) is 4. The molecular formula is C21H20O4. The zero-order chi connectivity index (χ0) is 18.2. The summed E-state index contributed by atoms with van der Waals surface area (Å²) in [6, 6.07) is 18.4. The highest BCUT2D eigenvalue weighted by atomic mass is 16.5. The molecule has 0 amide bonds. The topological polar surface area (TPSA) is 52.6 Å². The molecule has 0 saturated carbocycles. The standard InChI is InChI=1S/C21H20O4/c1-15(20(22)24-3)19(18-12-8-5-9-13-18)16(2)21(23)25-14-17-10-6-4-7-11-17/h4-13,19H,1-2,14H2,3H3/t19-/m1/s1. The molecule has 0 fully saturated rings. The van der Waals surface area contributed by atoms with Crippen molar-refractivity contribution in [1.29, 1.82) is 0 Å². The number of esters is 2. The molecule has 4 nitrogen and oxygen atoms in total. The third kappa shape index (κ3) is 4.67. The number of carbonyl (C=O) groups excluding carboxylic acids is 2. The molecule has 4 heteroatoms.